The number of hydrogen-bond acceptors (Lipinski definition) is 6. The highest BCUT2D eigenvalue weighted by molar-refractivity contribution is 5.92. The van der Waals surface area contributed by atoms with E-state index in [0.29, 0.717) is 42.2 Å². The number of benzene rings is 1. The van der Waals surface area contributed by atoms with Crippen molar-refractivity contribution in [1.82, 2.24) is 25.2 Å². The standard InChI is InChI=1S/C25H26F2N6O2/c1-28-22(34)18-5-6-19(21(27)29-18)32-9-7-14(8-10-32)33-13-25(11-15(33)12-25)24-30-17-4-2-3-16(26)20(17)23(35)31-24/h2-6,14-15H,7-13H2,1H3,(H,28,34)(H,30,31,35). The number of amides is 1. The molecule has 4 aliphatic rings. The molecule has 35 heavy (non-hydrogen) atoms. The Kier molecular flexibility index (Phi) is 5.10. The molecule has 1 aliphatic carbocycles. The van der Waals surface area contributed by atoms with Crippen LogP contribution in [0, 0.1) is 11.8 Å². The van der Waals surface area contributed by atoms with Gasteiger partial charge in [0.15, 0.2) is 0 Å². The van der Waals surface area contributed by atoms with E-state index in [0.717, 1.165) is 32.2 Å². The Morgan fingerprint density at radius 3 is 2.60 bits per heavy atom. The monoisotopic (exact) mass is 480 g/mol. The zero-order chi connectivity index (χ0) is 24.3. The Balaban J connectivity index is 1.15. The lowest BCUT2D eigenvalue weighted by atomic mass is 9.69. The maximum Gasteiger partial charge on any atom is 0.269 e. The third kappa shape index (κ3) is 3.50. The van der Waals surface area contributed by atoms with Crippen molar-refractivity contribution in [1.29, 1.82) is 0 Å². The summed E-state index contributed by atoms with van der Waals surface area (Å²) in [6.07, 6.45) is 3.62. The van der Waals surface area contributed by atoms with Crippen molar-refractivity contribution in [3.63, 3.8) is 0 Å². The van der Waals surface area contributed by atoms with Gasteiger partial charge in [-0.25, -0.2) is 14.4 Å². The van der Waals surface area contributed by atoms with E-state index < -0.39 is 23.2 Å². The van der Waals surface area contributed by atoms with Gasteiger partial charge in [0.2, 0.25) is 5.95 Å². The number of hydrogen-bond donors (Lipinski definition) is 2. The Labute approximate surface area is 200 Å². The van der Waals surface area contributed by atoms with Gasteiger partial charge in [-0.05, 0) is 49.9 Å². The fourth-order valence-electron chi connectivity index (χ4n) is 6.14. The average Bonchev–Trinajstić information content (AvgIpc) is 3.41. The second-order valence-corrected chi connectivity index (χ2v) is 9.87. The van der Waals surface area contributed by atoms with Crippen LogP contribution in [0.1, 0.15) is 42.0 Å². The molecule has 1 aromatic carbocycles. The van der Waals surface area contributed by atoms with E-state index in [-0.39, 0.29) is 16.5 Å². The van der Waals surface area contributed by atoms with Crippen molar-refractivity contribution in [3.8, 4) is 0 Å². The fraction of sp³-hybridized carbons (Fsp3) is 0.440. The normalized spacial score (nSPS) is 24.5. The van der Waals surface area contributed by atoms with Crippen LogP contribution in [0.3, 0.4) is 0 Å². The number of aromatic nitrogens is 3. The smallest absolute Gasteiger partial charge is 0.269 e. The van der Waals surface area contributed by atoms with Crippen LogP contribution in [0.2, 0.25) is 0 Å². The predicted molar refractivity (Wildman–Crippen MR) is 127 cm³/mol. The molecule has 0 spiro atoms. The first-order valence-corrected chi connectivity index (χ1v) is 12.0. The van der Waals surface area contributed by atoms with Gasteiger partial charge in [-0.15, -0.1) is 0 Å². The molecule has 2 bridgehead atoms. The highest BCUT2D eigenvalue weighted by atomic mass is 19.1. The summed E-state index contributed by atoms with van der Waals surface area (Å²) in [4.78, 5) is 40.1. The van der Waals surface area contributed by atoms with Crippen LogP contribution in [0.5, 0.6) is 0 Å². The molecule has 8 nitrogen and oxygen atoms in total. The Hall–Kier alpha value is -3.40. The average molecular weight is 481 g/mol. The number of pyridine rings is 1. The fourth-order valence-corrected chi connectivity index (χ4v) is 6.14. The Bertz CT molecular complexity index is 1380. The van der Waals surface area contributed by atoms with E-state index in [4.69, 9.17) is 0 Å². The van der Waals surface area contributed by atoms with Gasteiger partial charge >= 0.3 is 0 Å². The zero-order valence-corrected chi connectivity index (χ0v) is 19.4. The summed E-state index contributed by atoms with van der Waals surface area (Å²) in [5.41, 5.74) is 0.252. The molecule has 5 heterocycles. The minimum absolute atomic E-state index is 0.0100. The number of anilines is 1. The van der Waals surface area contributed by atoms with Crippen LogP contribution in [-0.2, 0) is 5.41 Å². The first-order chi connectivity index (χ1) is 16.9. The Morgan fingerprint density at radius 2 is 1.89 bits per heavy atom. The molecule has 3 aromatic rings. The second-order valence-electron chi connectivity index (χ2n) is 9.87. The number of nitrogens with zero attached hydrogens (tertiary/aromatic N) is 4. The number of piperidine rings is 1. The molecule has 4 fully saturated rings. The summed E-state index contributed by atoms with van der Waals surface area (Å²) in [6.45, 7) is 2.20. The van der Waals surface area contributed by atoms with Gasteiger partial charge in [0.25, 0.3) is 11.5 Å². The summed E-state index contributed by atoms with van der Waals surface area (Å²) >= 11 is 0. The van der Waals surface area contributed by atoms with E-state index in [1.807, 2.05) is 4.90 Å². The molecule has 182 valence electrons. The largest absolute Gasteiger partial charge is 0.368 e. The van der Waals surface area contributed by atoms with Crippen LogP contribution in [-0.4, -0.2) is 64.5 Å². The van der Waals surface area contributed by atoms with Gasteiger partial charge in [-0.2, -0.15) is 4.39 Å². The third-order valence-corrected chi connectivity index (χ3v) is 7.96. The summed E-state index contributed by atoms with van der Waals surface area (Å²) in [7, 11) is 1.49. The van der Waals surface area contributed by atoms with Gasteiger partial charge in [-0.1, -0.05) is 6.07 Å². The summed E-state index contributed by atoms with van der Waals surface area (Å²) in [5.74, 6) is -0.944. The van der Waals surface area contributed by atoms with Crippen LogP contribution < -0.4 is 15.8 Å². The van der Waals surface area contributed by atoms with Crippen molar-refractivity contribution in [2.75, 3.05) is 31.6 Å². The molecule has 1 amide bonds. The van der Waals surface area contributed by atoms with Crippen molar-refractivity contribution < 1.29 is 13.6 Å². The van der Waals surface area contributed by atoms with Gasteiger partial charge < -0.3 is 15.2 Å². The lowest BCUT2D eigenvalue weighted by Gasteiger charge is -2.40. The minimum atomic E-state index is -0.630. The number of rotatable bonds is 4. The molecular formula is C25H26F2N6O2. The second kappa shape index (κ2) is 8.08. The molecule has 0 unspecified atom stereocenters. The molecule has 1 saturated carbocycles. The molecular weight excluding hydrogens is 454 g/mol. The number of H-pyrrole nitrogens is 1. The molecule has 0 radical (unpaired) electrons. The maximum atomic E-state index is 14.6. The van der Waals surface area contributed by atoms with E-state index in [1.165, 1.54) is 13.1 Å². The van der Waals surface area contributed by atoms with E-state index >= 15 is 0 Å². The molecule has 10 heteroatoms. The quantitative estimate of drug-likeness (QED) is 0.557. The lowest BCUT2D eigenvalue weighted by Crippen LogP contribution is -2.46. The SMILES string of the molecule is CNC(=O)c1ccc(N2CCC(N3CC4(c5nc6cccc(F)c6c(=O)[nH]5)CC3C4)CC2)c(F)n1. The number of nitrogens with one attached hydrogen (secondary N) is 2. The van der Waals surface area contributed by atoms with Gasteiger partial charge in [-0.3, -0.25) is 14.5 Å². The highest BCUT2D eigenvalue weighted by Crippen LogP contribution is 2.53. The molecule has 2 N–H and O–H groups in total. The van der Waals surface area contributed by atoms with Crippen molar-refractivity contribution >= 4 is 22.5 Å². The zero-order valence-electron chi connectivity index (χ0n) is 19.4. The van der Waals surface area contributed by atoms with E-state index in [1.54, 1.807) is 24.3 Å². The van der Waals surface area contributed by atoms with E-state index in [2.05, 4.69) is 25.2 Å². The summed E-state index contributed by atoms with van der Waals surface area (Å²) < 4.78 is 28.7. The molecule has 0 atom stereocenters. The highest BCUT2D eigenvalue weighted by Gasteiger charge is 2.59. The summed E-state index contributed by atoms with van der Waals surface area (Å²) in [6, 6.07) is 8.51. The number of aromatic amines is 1. The number of fused-ring (bicyclic) bond motifs is 2. The van der Waals surface area contributed by atoms with E-state index in [9.17, 15) is 18.4 Å². The Morgan fingerprint density at radius 1 is 1.11 bits per heavy atom. The van der Waals surface area contributed by atoms with Crippen molar-refractivity contribution in [2.45, 2.75) is 43.2 Å². The lowest BCUT2D eigenvalue weighted by molar-refractivity contribution is 0.0957. The van der Waals surface area contributed by atoms with Crippen LogP contribution in [0.4, 0.5) is 14.5 Å². The van der Waals surface area contributed by atoms with Gasteiger partial charge in [0, 0.05) is 44.2 Å². The predicted octanol–water partition coefficient (Wildman–Crippen LogP) is 2.34. The van der Waals surface area contributed by atoms with Gasteiger partial charge in [0.1, 0.15) is 22.7 Å². The number of carbonyl (C=O) groups excluding carboxylic acids is 1. The first-order valence-electron chi connectivity index (χ1n) is 12.0. The van der Waals surface area contributed by atoms with Gasteiger partial charge in [0.05, 0.1) is 11.2 Å². The van der Waals surface area contributed by atoms with Crippen LogP contribution in [0.15, 0.2) is 35.1 Å². The number of halogens is 2. The van der Waals surface area contributed by atoms with Crippen LogP contribution >= 0.6 is 0 Å². The first kappa shape index (κ1) is 22.1. The topological polar surface area (TPSA) is 94.2 Å². The maximum absolute atomic E-state index is 14.6. The van der Waals surface area contributed by atoms with Crippen molar-refractivity contribution in [2.24, 2.45) is 0 Å². The van der Waals surface area contributed by atoms with Crippen molar-refractivity contribution in [3.05, 3.63) is 64.0 Å². The van der Waals surface area contributed by atoms with Crippen LogP contribution in [0.25, 0.3) is 10.9 Å². The molecule has 3 saturated heterocycles. The summed E-state index contributed by atoms with van der Waals surface area (Å²) in [5, 5.41) is 2.46. The minimum Gasteiger partial charge on any atom is -0.368 e. The molecule has 7 rings (SSSR count). The number of carbonyl (C=O) groups is 1. The molecule has 2 aromatic heterocycles. The third-order valence-electron chi connectivity index (χ3n) is 7.96. The molecule has 3 aliphatic heterocycles.